The van der Waals surface area contributed by atoms with E-state index in [4.69, 9.17) is 0 Å². The Balaban J connectivity index is -0.000000329. The van der Waals surface area contributed by atoms with Crippen LogP contribution in [0.25, 0.3) is 0 Å². The second-order valence-corrected chi connectivity index (χ2v) is 18.8. The van der Waals surface area contributed by atoms with Crippen molar-refractivity contribution in [3.8, 4) is 0 Å². The third-order valence-corrected chi connectivity index (χ3v) is 13.7. The molecule has 0 amide bonds. The number of hydrogen-bond acceptors (Lipinski definition) is 6. The monoisotopic (exact) mass is 808 g/mol. The maximum absolute atomic E-state index is 11.1. The molecule has 0 bridgehead atoms. The molecule has 0 aromatic rings. The van der Waals surface area contributed by atoms with Crippen LogP contribution in [0.2, 0.25) is 0 Å². The fourth-order valence-corrected chi connectivity index (χ4v) is 10.7. The van der Waals surface area contributed by atoms with E-state index in [1.54, 1.807) is 0 Å². The Morgan fingerprint density at radius 1 is 0.308 bits per heavy atom. The van der Waals surface area contributed by atoms with E-state index in [0.717, 1.165) is 173 Å². The molecule has 0 aliphatic heterocycles. The topological polar surface area (TPSA) is 120 Å². The maximum atomic E-state index is 11.1. The van der Waals surface area contributed by atoms with Gasteiger partial charge in [0.15, 0.2) is 0 Å². The molecular formula is C42H87AlO6P3+3. The van der Waals surface area contributed by atoms with Crippen LogP contribution >= 0.6 is 24.1 Å². The SMILES string of the molecule is CCCCC(CCCC)(CCCC)C[P+](=O)[O-].CCCCC(CCCC)(CCCC)C[P+](=O)[O-].CCCCC(CCCC)(CCCC)C[P+](=O)[O-].[Al+3]. The summed E-state index contributed by atoms with van der Waals surface area (Å²) in [6.45, 7) is 19.6. The predicted octanol–water partition coefficient (Wildman–Crippen LogP) is 13.6. The summed E-state index contributed by atoms with van der Waals surface area (Å²) in [5, 5.41) is 0. The van der Waals surface area contributed by atoms with E-state index in [1.165, 1.54) is 0 Å². The van der Waals surface area contributed by atoms with Crippen molar-refractivity contribution in [3.63, 3.8) is 0 Å². The van der Waals surface area contributed by atoms with Gasteiger partial charge in [0.2, 0.25) is 0 Å². The molecule has 0 aliphatic rings. The van der Waals surface area contributed by atoms with E-state index in [9.17, 15) is 28.4 Å². The van der Waals surface area contributed by atoms with E-state index in [1.807, 2.05) is 0 Å². The molecule has 0 rings (SSSR count). The number of hydrogen-bond donors (Lipinski definition) is 0. The zero-order valence-corrected chi connectivity index (χ0v) is 39.9. The first-order valence-electron chi connectivity index (χ1n) is 21.7. The Bertz CT molecular complexity index is 660. The van der Waals surface area contributed by atoms with Gasteiger partial charge in [-0.3, -0.25) is 0 Å². The van der Waals surface area contributed by atoms with Crippen LogP contribution in [-0.2, 0) is 13.7 Å². The molecule has 10 heteroatoms. The first-order valence-corrected chi connectivity index (χ1v) is 25.7. The van der Waals surface area contributed by atoms with Crippen molar-refractivity contribution in [2.24, 2.45) is 16.2 Å². The third-order valence-electron chi connectivity index (χ3n) is 10.9. The quantitative estimate of drug-likeness (QED) is 0.0481. The van der Waals surface area contributed by atoms with Crippen LogP contribution in [0.1, 0.15) is 236 Å². The molecule has 0 saturated heterocycles. The molecule has 0 spiro atoms. The molecule has 0 N–H and O–H groups in total. The van der Waals surface area contributed by atoms with Gasteiger partial charge in [0, 0.05) is 16.2 Å². The second-order valence-electron chi connectivity index (χ2n) is 15.9. The third kappa shape index (κ3) is 34.0. The van der Waals surface area contributed by atoms with E-state index in [-0.39, 0.29) is 33.6 Å². The van der Waals surface area contributed by atoms with Gasteiger partial charge in [0.1, 0.15) is 18.5 Å². The van der Waals surface area contributed by atoms with Crippen LogP contribution < -0.4 is 14.7 Å². The van der Waals surface area contributed by atoms with Crippen LogP contribution in [0.4, 0.5) is 0 Å². The van der Waals surface area contributed by atoms with Crippen LogP contribution in [0.5, 0.6) is 0 Å². The average Bonchev–Trinajstić information content (AvgIpc) is 3.09. The molecule has 0 saturated carbocycles. The van der Waals surface area contributed by atoms with E-state index in [2.05, 4.69) is 62.3 Å². The van der Waals surface area contributed by atoms with Gasteiger partial charge >= 0.3 is 41.4 Å². The van der Waals surface area contributed by atoms with Crippen molar-refractivity contribution >= 4 is 41.4 Å². The van der Waals surface area contributed by atoms with Crippen molar-refractivity contribution in [2.75, 3.05) is 18.5 Å². The molecule has 0 aromatic heterocycles. The van der Waals surface area contributed by atoms with Crippen molar-refractivity contribution < 1.29 is 28.4 Å². The van der Waals surface area contributed by atoms with Gasteiger partial charge in [-0.15, -0.1) is 0 Å². The molecule has 0 fully saturated rings. The fraction of sp³-hybridized carbons (Fsp3) is 1.00. The molecule has 3 unspecified atom stereocenters. The van der Waals surface area contributed by atoms with E-state index < -0.39 is 24.1 Å². The first-order chi connectivity index (χ1) is 24.3. The minimum atomic E-state index is -2.24. The van der Waals surface area contributed by atoms with Crippen LogP contribution in [0.15, 0.2) is 0 Å². The van der Waals surface area contributed by atoms with Crippen molar-refractivity contribution in [2.45, 2.75) is 236 Å². The Morgan fingerprint density at radius 2 is 0.423 bits per heavy atom. The van der Waals surface area contributed by atoms with Crippen molar-refractivity contribution in [1.29, 1.82) is 0 Å². The standard InChI is InChI=1S/3C14H29O2P.Al/c3*1-4-7-10-14(11-8-5-2,12-9-6-3)13-17(15)16;/h3*4-13H2,1-3H3;/q;;;+3. The van der Waals surface area contributed by atoms with Gasteiger partial charge in [0.05, 0.1) is 0 Å². The molecule has 3 atom stereocenters. The minimum absolute atomic E-state index is 0. The zero-order chi connectivity index (χ0) is 39.4. The van der Waals surface area contributed by atoms with E-state index >= 15 is 0 Å². The van der Waals surface area contributed by atoms with Gasteiger partial charge in [-0.2, -0.15) is 0 Å². The molecular weight excluding hydrogens is 720 g/mol. The van der Waals surface area contributed by atoms with Crippen LogP contribution in [-0.4, -0.2) is 35.8 Å². The van der Waals surface area contributed by atoms with Gasteiger partial charge in [-0.05, 0) is 57.8 Å². The average molecular weight is 808 g/mol. The summed E-state index contributed by atoms with van der Waals surface area (Å²) in [5.41, 5.74) is 0.242. The largest absolute Gasteiger partial charge is 3.00 e. The summed E-state index contributed by atoms with van der Waals surface area (Å²) in [7, 11) is -6.71. The summed E-state index contributed by atoms with van der Waals surface area (Å²) < 4.78 is 33.4. The Labute approximate surface area is 338 Å². The predicted molar refractivity (Wildman–Crippen MR) is 226 cm³/mol. The first kappa shape index (κ1) is 59.4. The minimum Gasteiger partial charge on any atom is -0.596 e. The maximum Gasteiger partial charge on any atom is 3.00 e. The Kier molecular flexibility index (Phi) is 45.6. The summed E-state index contributed by atoms with van der Waals surface area (Å²) in [6.07, 6.45) is 32.0. The summed E-state index contributed by atoms with van der Waals surface area (Å²) in [5.74, 6) is 0. The molecule has 6 nitrogen and oxygen atoms in total. The Hall–Kier alpha value is 0.712. The normalized spacial score (nSPS) is 12.6. The van der Waals surface area contributed by atoms with Gasteiger partial charge in [-0.25, -0.2) is 0 Å². The number of unbranched alkanes of at least 4 members (excludes halogenated alkanes) is 9. The smallest absolute Gasteiger partial charge is 0.596 e. The Morgan fingerprint density at radius 3 is 0.500 bits per heavy atom. The van der Waals surface area contributed by atoms with Crippen LogP contribution in [0, 0.1) is 16.2 Å². The molecule has 0 aromatic carbocycles. The zero-order valence-electron chi connectivity index (χ0n) is 36.1. The molecule has 0 aliphatic carbocycles. The summed E-state index contributed by atoms with van der Waals surface area (Å²) in [6, 6.07) is 0. The summed E-state index contributed by atoms with van der Waals surface area (Å²) >= 11 is 0. The molecule has 52 heavy (non-hydrogen) atoms. The van der Waals surface area contributed by atoms with Crippen LogP contribution in [0.3, 0.4) is 0 Å². The van der Waals surface area contributed by atoms with Gasteiger partial charge in [0.25, 0.3) is 0 Å². The molecule has 0 radical (unpaired) electrons. The van der Waals surface area contributed by atoms with E-state index in [0.29, 0.717) is 18.5 Å². The summed E-state index contributed by atoms with van der Waals surface area (Å²) in [4.78, 5) is 33.4. The van der Waals surface area contributed by atoms with Gasteiger partial charge < -0.3 is 14.7 Å². The van der Waals surface area contributed by atoms with Crippen molar-refractivity contribution in [1.82, 2.24) is 0 Å². The second kappa shape index (κ2) is 39.9. The molecule has 0 heterocycles. The number of rotatable bonds is 33. The van der Waals surface area contributed by atoms with Gasteiger partial charge in [-0.1, -0.05) is 192 Å². The fourth-order valence-electron chi connectivity index (χ4n) is 7.62. The molecule has 306 valence electrons. The van der Waals surface area contributed by atoms with Crippen molar-refractivity contribution in [3.05, 3.63) is 0 Å².